The van der Waals surface area contributed by atoms with Crippen LogP contribution in [-0.2, 0) is 10.4 Å². The number of rotatable bonds is 0. The second-order valence-corrected chi connectivity index (χ2v) is 2.24. The molecule has 0 amide bonds. The van der Waals surface area contributed by atoms with E-state index in [0.717, 1.165) is 0 Å². The van der Waals surface area contributed by atoms with E-state index in [1.54, 1.807) is 24.8 Å². The molecule has 1 heterocycles. The molecule has 0 radical (unpaired) electrons. The lowest BCUT2D eigenvalue weighted by molar-refractivity contribution is 0.381. The van der Waals surface area contributed by atoms with E-state index < -0.39 is 10.4 Å². The molecule has 0 fully saturated rings. The minimum absolute atomic E-state index is 1.64. The van der Waals surface area contributed by atoms with Crippen LogP contribution in [0.1, 0.15) is 0 Å². The molecule has 0 spiro atoms. The first-order chi connectivity index (χ1) is 5.00. The lowest BCUT2D eigenvalue weighted by Crippen LogP contribution is -1.89. The van der Waals surface area contributed by atoms with Crippen LogP contribution < -0.4 is 0 Å². The molecule has 62 valence electrons. The second-order valence-electron chi connectivity index (χ2n) is 1.34. The topological polar surface area (TPSA) is 100 Å². The highest BCUT2D eigenvalue weighted by molar-refractivity contribution is 7.79. The molecule has 0 unspecified atom stereocenters. The average molecular weight is 178 g/mol. The van der Waals surface area contributed by atoms with E-state index in [9.17, 15) is 0 Å². The number of hydrogen-bond donors (Lipinski definition) is 2. The van der Waals surface area contributed by atoms with Gasteiger partial charge < -0.3 is 0 Å². The zero-order valence-corrected chi connectivity index (χ0v) is 6.14. The summed E-state index contributed by atoms with van der Waals surface area (Å²) in [6.07, 6.45) is 6.56. The van der Waals surface area contributed by atoms with E-state index >= 15 is 0 Å². The van der Waals surface area contributed by atoms with Gasteiger partial charge in [-0.3, -0.25) is 19.1 Å². The Morgan fingerprint density at radius 3 is 1.18 bits per heavy atom. The van der Waals surface area contributed by atoms with Crippen LogP contribution in [0, 0.1) is 0 Å². The Morgan fingerprint density at radius 1 is 0.909 bits per heavy atom. The maximum absolute atomic E-state index is 8.74. The molecular weight excluding hydrogens is 172 g/mol. The molecule has 1 rings (SSSR count). The van der Waals surface area contributed by atoms with Crippen LogP contribution in [0.5, 0.6) is 0 Å². The van der Waals surface area contributed by atoms with Crippen LogP contribution in [0.3, 0.4) is 0 Å². The largest absolute Gasteiger partial charge is 0.394 e. The zero-order chi connectivity index (χ0) is 8.74. The first-order valence-corrected chi connectivity index (χ1v) is 3.79. The Bertz CT molecular complexity index is 237. The molecule has 0 aromatic carbocycles. The highest BCUT2D eigenvalue weighted by Crippen LogP contribution is 1.65. The van der Waals surface area contributed by atoms with Gasteiger partial charge in [-0.1, -0.05) is 0 Å². The number of aromatic nitrogens is 2. The fraction of sp³-hybridized carbons (Fsp3) is 0. The predicted molar refractivity (Wildman–Crippen MR) is 36.2 cm³/mol. The third-order valence-electron chi connectivity index (χ3n) is 0.478. The molecule has 6 nitrogen and oxygen atoms in total. The molecular formula is C4H6N2O4S. The summed E-state index contributed by atoms with van der Waals surface area (Å²) in [7, 11) is -4.67. The smallest absolute Gasteiger partial charge is 0.264 e. The van der Waals surface area contributed by atoms with Gasteiger partial charge >= 0.3 is 10.4 Å². The molecule has 0 bridgehead atoms. The van der Waals surface area contributed by atoms with E-state index in [0.29, 0.717) is 0 Å². The van der Waals surface area contributed by atoms with Gasteiger partial charge in [0, 0.05) is 24.8 Å². The van der Waals surface area contributed by atoms with E-state index in [-0.39, 0.29) is 0 Å². The lowest BCUT2D eigenvalue weighted by atomic mass is 10.8. The third kappa shape index (κ3) is 17.6. The Morgan fingerprint density at radius 2 is 1.09 bits per heavy atom. The maximum Gasteiger partial charge on any atom is 0.394 e. The Labute approximate surface area is 63.5 Å². The van der Waals surface area contributed by atoms with Gasteiger partial charge in [0.15, 0.2) is 0 Å². The molecule has 0 saturated heterocycles. The molecule has 0 aliphatic carbocycles. The van der Waals surface area contributed by atoms with Crippen LogP contribution in [-0.4, -0.2) is 27.5 Å². The highest BCUT2D eigenvalue weighted by atomic mass is 32.3. The van der Waals surface area contributed by atoms with E-state index in [1.807, 2.05) is 0 Å². The Hall–Kier alpha value is -1.05. The molecule has 1 aromatic rings. The molecule has 7 heteroatoms. The maximum atomic E-state index is 8.74. The first-order valence-electron chi connectivity index (χ1n) is 2.40. The van der Waals surface area contributed by atoms with E-state index in [2.05, 4.69) is 9.97 Å². The van der Waals surface area contributed by atoms with Crippen molar-refractivity contribution >= 4 is 10.4 Å². The van der Waals surface area contributed by atoms with Crippen LogP contribution in [0.15, 0.2) is 24.8 Å². The van der Waals surface area contributed by atoms with Crippen molar-refractivity contribution < 1.29 is 17.5 Å². The predicted octanol–water partition coefficient (Wildman–Crippen LogP) is -0.176. The first kappa shape index (κ1) is 9.95. The average Bonchev–Trinajstić information content (AvgIpc) is 1.88. The second kappa shape index (κ2) is 4.72. The zero-order valence-electron chi connectivity index (χ0n) is 5.32. The summed E-state index contributed by atoms with van der Waals surface area (Å²) in [5.41, 5.74) is 0. The summed E-state index contributed by atoms with van der Waals surface area (Å²) in [5, 5.41) is 0. The van der Waals surface area contributed by atoms with Gasteiger partial charge in [0.2, 0.25) is 0 Å². The van der Waals surface area contributed by atoms with Gasteiger partial charge in [-0.15, -0.1) is 0 Å². The van der Waals surface area contributed by atoms with Crippen LogP contribution in [0.4, 0.5) is 0 Å². The fourth-order valence-electron chi connectivity index (χ4n) is 0.253. The van der Waals surface area contributed by atoms with Crippen molar-refractivity contribution in [2.75, 3.05) is 0 Å². The van der Waals surface area contributed by atoms with Crippen molar-refractivity contribution in [3.8, 4) is 0 Å². The quantitative estimate of drug-likeness (QED) is 0.534. The molecule has 0 aliphatic rings. The Kier molecular flexibility index (Phi) is 4.27. The lowest BCUT2D eigenvalue weighted by Gasteiger charge is -1.70. The Balaban J connectivity index is 0.000000187. The summed E-state index contributed by atoms with van der Waals surface area (Å²) >= 11 is 0. The summed E-state index contributed by atoms with van der Waals surface area (Å²) in [5.74, 6) is 0. The molecule has 0 saturated carbocycles. The van der Waals surface area contributed by atoms with Gasteiger partial charge in [-0.25, -0.2) is 0 Å². The van der Waals surface area contributed by atoms with Crippen molar-refractivity contribution in [1.82, 2.24) is 9.97 Å². The van der Waals surface area contributed by atoms with Gasteiger partial charge in [-0.05, 0) is 0 Å². The van der Waals surface area contributed by atoms with Gasteiger partial charge in [0.05, 0.1) is 0 Å². The minimum atomic E-state index is -4.67. The van der Waals surface area contributed by atoms with Crippen molar-refractivity contribution in [2.45, 2.75) is 0 Å². The summed E-state index contributed by atoms with van der Waals surface area (Å²) in [6, 6.07) is 0. The van der Waals surface area contributed by atoms with Gasteiger partial charge in [0.25, 0.3) is 0 Å². The van der Waals surface area contributed by atoms with E-state index in [4.69, 9.17) is 17.5 Å². The van der Waals surface area contributed by atoms with Crippen LogP contribution in [0.2, 0.25) is 0 Å². The van der Waals surface area contributed by atoms with E-state index in [1.165, 1.54) is 0 Å². The molecule has 0 atom stereocenters. The van der Waals surface area contributed by atoms with Crippen LogP contribution in [0.25, 0.3) is 0 Å². The standard InChI is InChI=1S/C4H4N2.H2O4S/c1-2-6-4-3-5-1;1-5(2,3)4/h1-4H;(H2,1,2,3,4). The van der Waals surface area contributed by atoms with Crippen molar-refractivity contribution in [2.24, 2.45) is 0 Å². The summed E-state index contributed by atoms with van der Waals surface area (Å²) < 4.78 is 31.6. The fourth-order valence-corrected chi connectivity index (χ4v) is 0.253. The normalized spacial score (nSPS) is 9.64. The summed E-state index contributed by atoms with van der Waals surface area (Å²) in [4.78, 5) is 7.44. The van der Waals surface area contributed by atoms with Crippen molar-refractivity contribution in [1.29, 1.82) is 0 Å². The SMILES string of the molecule is O=S(=O)(O)O.c1cnccn1. The number of nitrogens with zero attached hydrogens (tertiary/aromatic N) is 2. The van der Waals surface area contributed by atoms with Crippen molar-refractivity contribution in [3.63, 3.8) is 0 Å². The highest BCUT2D eigenvalue weighted by Gasteiger charge is 1.84. The van der Waals surface area contributed by atoms with Gasteiger partial charge in [-0.2, -0.15) is 8.42 Å². The molecule has 2 N–H and O–H groups in total. The van der Waals surface area contributed by atoms with Gasteiger partial charge in [0.1, 0.15) is 0 Å². The van der Waals surface area contributed by atoms with Crippen molar-refractivity contribution in [3.05, 3.63) is 24.8 Å². The number of hydrogen-bond acceptors (Lipinski definition) is 4. The summed E-state index contributed by atoms with van der Waals surface area (Å²) in [6.45, 7) is 0. The molecule has 0 aliphatic heterocycles. The van der Waals surface area contributed by atoms with Crippen LogP contribution >= 0.6 is 0 Å². The molecule has 1 aromatic heterocycles. The molecule has 11 heavy (non-hydrogen) atoms. The minimum Gasteiger partial charge on any atom is -0.264 e. The third-order valence-corrected chi connectivity index (χ3v) is 0.478. The monoisotopic (exact) mass is 178 g/mol.